The highest BCUT2D eigenvalue weighted by molar-refractivity contribution is 6.15. The lowest BCUT2D eigenvalue weighted by Crippen LogP contribution is -2.00. The van der Waals surface area contributed by atoms with E-state index in [9.17, 15) is 0 Å². The number of benzene rings is 7. The fourth-order valence-corrected chi connectivity index (χ4v) is 8.33. The third-order valence-corrected chi connectivity index (χ3v) is 11.0. The molecule has 0 aliphatic carbocycles. The lowest BCUT2D eigenvalue weighted by atomic mass is 9.99. The van der Waals surface area contributed by atoms with E-state index in [0.29, 0.717) is 17.5 Å². The largest absolute Gasteiger partial charge is 0.460 e. The smallest absolute Gasteiger partial charge is 0.167 e. The molecule has 0 fully saturated rings. The molecule has 0 saturated heterocycles. The van der Waals surface area contributed by atoms with Crippen molar-refractivity contribution in [2.75, 3.05) is 0 Å². The molecule has 7 aromatic carbocycles. The molecule has 0 aliphatic heterocycles. The van der Waals surface area contributed by atoms with Crippen LogP contribution in [0, 0.1) is 6.92 Å². The number of aryl methyl sites for hydroxylation is 1. The first-order valence-electron chi connectivity index (χ1n) is 19.3. The van der Waals surface area contributed by atoms with E-state index in [-0.39, 0.29) is 0 Å². The fourth-order valence-electron chi connectivity index (χ4n) is 8.33. The molecule has 4 heterocycles. The molecular weight excluding hydrogens is 713 g/mol. The first-order valence-corrected chi connectivity index (χ1v) is 19.3. The van der Waals surface area contributed by atoms with Crippen molar-refractivity contribution < 1.29 is 8.83 Å². The van der Waals surface area contributed by atoms with Crippen LogP contribution in [0.5, 0.6) is 0 Å². The average molecular weight is 747 g/mol. The van der Waals surface area contributed by atoms with Crippen molar-refractivity contribution in [3.05, 3.63) is 188 Å². The summed E-state index contributed by atoms with van der Waals surface area (Å²) in [6.07, 6.45) is 5.70. The van der Waals surface area contributed by atoms with E-state index in [1.54, 1.807) is 6.08 Å². The summed E-state index contributed by atoms with van der Waals surface area (Å²) in [7, 11) is 0. The van der Waals surface area contributed by atoms with Crippen molar-refractivity contribution in [2.45, 2.75) is 6.92 Å². The molecular formula is C52H34N4O2. The van der Waals surface area contributed by atoms with Gasteiger partial charge in [0.05, 0.1) is 16.6 Å². The van der Waals surface area contributed by atoms with Crippen LogP contribution in [-0.4, -0.2) is 19.5 Å². The first-order chi connectivity index (χ1) is 28.6. The number of furan rings is 2. The maximum Gasteiger partial charge on any atom is 0.167 e. The Balaban J connectivity index is 1.09. The highest BCUT2D eigenvalue weighted by Gasteiger charge is 2.21. The van der Waals surface area contributed by atoms with Crippen LogP contribution in [-0.2, 0) is 0 Å². The monoisotopic (exact) mass is 746 g/mol. The van der Waals surface area contributed by atoms with Gasteiger partial charge < -0.3 is 13.4 Å². The van der Waals surface area contributed by atoms with E-state index >= 15 is 0 Å². The number of fused-ring (bicyclic) bond motifs is 7. The lowest BCUT2D eigenvalue weighted by Gasteiger charge is -2.12. The SMILES string of the molecule is C=C/C=C\c1c(C)oc2c(-c3nc(-c4ccccc4)nc(-c4ccc5oc6ccc(-c7cccc8c9ccccc9n(-c9ccccc9)c78)cc6c5c4)n3)cccc12. The zero-order valence-electron chi connectivity index (χ0n) is 31.6. The number of nitrogens with zero attached hydrogens (tertiary/aromatic N) is 4. The molecule has 11 rings (SSSR count). The highest BCUT2D eigenvalue weighted by atomic mass is 16.3. The van der Waals surface area contributed by atoms with E-state index in [0.717, 1.165) is 77.7 Å². The first kappa shape index (κ1) is 33.5. The Labute approximate surface area is 333 Å². The minimum Gasteiger partial charge on any atom is -0.460 e. The van der Waals surface area contributed by atoms with Crippen LogP contribution in [0.25, 0.3) is 112 Å². The number of allylic oxidation sites excluding steroid dienone is 2. The normalized spacial score (nSPS) is 11.9. The number of hydrogen-bond acceptors (Lipinski definition) is 5. The van der Waals surface area contributed by atoms with Crippen molar-refractivity contribution in [2.24, 2.45) is 0 Å². The Morgan fingerprint density at radius 3 is 1.91 bits per heavy atom. The molecule has 0 spiro atoms. The zero-order chi connectivity index (χ0) is 38.7. The summed E-state index contributed by atoms with van der Waals surface area (Å²) < 4.78 is 15.2. The Kier molecular flexibility index (Phi) is 7.76. The quantitative estimate of drug-likeness (QED) is 0.152. The molecule has 4 aromatic heterocycles. The Morgan fingerprint density at radius 2 is 1.14 bits per heavy atom. The van der Waals surface area contributed by atoms with E-state index in [1.807, 2.05) is 73.7 Å². The average Bonchev–Trinajstić information content (AvgIpc) is 3.93. The van der Waals surface area contributed by atoms with Crippen molar-refractivity contribution in [3.63, 3.8) is 0 Å². The second-order valence-corrected chi connectivity index (χ2v) is 14.4. The van der Waals surface area contributed by atoms with Crippen molar-refractivity contribution in [3.8, 4) is 51.0 Å². The Hall–Kier alpha value is -7.83. The molecule has 0 N–H and O–H groups in total. The van der Waals surface area contributed by atoms with Crippen LogP contribution in [0.3, 0.4) is 0 Å². The molecule has 0 unspecified atom stereocenters. The molecule has 6 nitrogen and oxygen atoms in total. The maximum absolute atomic E-state index is 6.46. The maximum atomic E-state index is 6.46. The van der Waals surface area contributed by atoms with Gasteiger partial charge in [0.15, 0.2) is 17.5 Å². The molecule has 0 bridgehead atoms. The molecule has 6 heteroatoms. The summed E-state index contributed by atoms with van der Waals surface area (Å²) in [6.45, 7) is 5.82. The van der Waals surface area contributed by atoms with Crippen molar-refractivity contribution in [1.29, 1.82) is 0 Å². The molecule has 11 aromatic rings. The third-order valence-electron chi connectivity index (χ3n) is 11.0. The van der Waals surface area contributed by atoms with Gasteiger partial charge in [0.2, 0.25) is 0 Å². The standard InChI is InChI=1S/C52H34N4O2/c1-3-4-19-37-32(2)57-49-41(37)23-14-24-42(49)52-54-50(33-15-7-5-8-16-33)53-51(55-52)35-27-29-47-44(31-35)43-30-34(26-28-46(43)58-47)38-21-13-22-40-39-20-11-12-25-45(39)56(48(38)40)36-17-9-6-10-18-36/h3-31H,1H2,2H3/b19-4-. The second kappa shape index (κ2) is 13.4. The van der Waals surface area contributed by atoms with Crippen LogP contribution in [0.1, 0.15) is 11.3 Å². The molecule has 0 atom stereocenters. The highest BCUT2D eigenvalue weighted by Crippen LogP contribution is 2.41. The molecule has 274 valence electrons. The van der Waals surface area contributed by atoms with Gasteiger partial charge in [-0.3, -0.25) is 0 Å². The van der Waals surface area contributed by atoms with Gasteiger partial charge in [0, 0.05) is 54.9 Å². The summed E-state index contributed by atoms with van der Waals surface area (Å²) in [5.74, 6) is 2.48. The van der Waals surface area contributed by atoms with E-state index in [2.05, 4.69) is 114 Å². The number of aromatic nitrogens is 4. The second-order valence-electron chi connectivity index (χ2n) is 14.4. The van der Waals surface area contributed by atoms with Crippen molar-refractivity contribution >= 4 is 60.8 Å². The Morgan fingerprint density at radius 1 is 0.517 bits per heavy atom. The zero-order valence-corrected chi connectivity index (χ0v) is 31.6. The number of para-hydroxylation sites is 4. The summed E-state index contributed by atoms with van der Waals surface area (Å²) in [5, 5.41) is 5.41. The van der Waals surface area contributed by atoms with Gasteiger partial charge in [-0.15, -0.1) is 0 Å². The molecule has 0 aliphatic rings. The number of rotatable bonds is 7. The van der Waals surface area contributed by atoms with Crippen LogP contribution < -0.4 is 0 Å². The third kappa shape index (κ3) is 5.38. The summed E-state index contributed by atoms with van der Waals surface area (Å²) in [6, 6.07) is 54.6. The number of hydrogen-bond donors (Lipinski definition) is 0. The van der Waals surface area contributed by atoms with Crippen LogP contribution in [0.2, 0.25) is 0 Å². The van der Waals surface area contributed by atoms with Crippen LogP contribution >= 0.6 is 0 Å². The molecule has 58 heavy (non-hydrogen) atoms. The van der Waals surface area contributed by atoms with E-state index < -0.39 is 0 Å². The van der Waals surface area contributed by atoms with Gasteiger partial charge in [-0.25, -0.2) is 15.0 Å². The van der Waals surface area contributed by atoms with Gasteiger partial charge in [0.1, 0.15) is 22.5 Å². The Bertz CT molecular complexity index is 3430. The predicted molar refractivity (Wildman–Crippen MR) is 237 cm³/mol. The fraction of sp³-hybridized carbons (Fsp3) is 0.0192. The molecule has 0 saturated carbocycles. The molecule has 0 radical (unpaired) electrons. The molecule has 0 amide bonds. The predicted octanol–water partition coefficient (Wildman–Crippen LogP) is 13.8. The van der Waals surface area contributed by atoms with Crippen LogP contribution in [0.15, 0.2) is 185 Å². The summed E-state index contributed by atoms with van der Waals surface area (Å²) in [5.41, 5.74) is 11.6. The van der Waals surface area contributed by atoms with Gasteiger partial charge in [0.25, 0.3) is 0 Å². The van der Waals surface area contributed by atoms with Crippen LogP contribution in [0.4, 0.5) is 0 Å². The lowest BCUT2D eigenvalue weighted by molar-refractivity contribution is 0.578. The van der Waals surface area contributed by atoms with Crippen molar-refractivity contribution in [1.82, 2.24) is 19.5 Å². The van der Waals surface area contributed by atoms with Gasteiger partial charge in [-0.05, 0) is 67.1 Å². The summed E-state index contributed by atoms with van der Waals surface area (Å²) >= 11 is 0. The topological polar surface area (TPSA) is 69.9 Å². The summed E-state index contributed by atoms with van der Waals surface area (Å²) in [4.78, 5) is 15.2. The van der Waals surface area contributed by atoms with Gasteiger partial charge in [-0.1, -0.05) is 128 Å². The minimum atomic E-state index is 0.531. The van der Waals surface area contributed by atoms with E-state index in [1.165, 1.54) is 21.8 Å². The van der Waals surface area contributed by atoms with Gasteiger partial charge >= 0.3 is 0 Å². The van der Waals surface area contributed by atoms with E-state index in [4.69, 9.17) is 23.8 Å². The minimum absolute atomic E-state index is 0.531. The van der Waals surface area contributed by atoms with Gasteiger partial charge in [-0.2, -0.15) is 0 Å².